The highest BCUT2D eigenvalue weighted by atomic mass is 16.6. The molecule has 0 bridgehead atoms. The smallest absolute Gasteiger partial charge is 0.276 e. The highest BCUT2D eigenvalue weighted by Crippen LogP contribution is 2.21. The van der Waals surface area contributed by atoms with Gasteiger partial charge in [-0.15, -0.1) is 0 Å². The molecule has 6 heteroatoms. The first-order valence-corrected chi connectivity index (χ1v) is 6.98. The van der Waals surface area contributed by atoms with Crippen LogP contribution in [0.1, 0.15) is 11.1 Å². The third kappa shape index (κ3) is 3.06. The molecule has 6 nitrogen and oxygen atoms in total. The van der Waals surface area contributed by atoms with E-state index in [0.29, 0.717) is 11.3 Å². The molecule has 0 fully saturated rings. The average Bonchev–Trinajstić information content (AvgIpc) is 3.08. The first kappa shape index (κ1) is 14.1. The minimum atomic E-state index is -0.397. The number of hydrogen-bond acceptors (Lipinski definition) is 5. The number of ether oxygens (including phenoxy) is 1. The fourth-order valence-corrected chi connectivity index (χ4v) is 2.30. The molecular weight excluding hydrogens is 282 g/mol. The van der Waals surface area contributed by atoms with E-state index in [0.717, 1.165) is 24.5 Å². The molecular formula is C16H15N3O3. The van der Waals surface area contributed by atoms with Gasteiger partial charge in [-0.2, -0.15) is 0 Å². The van der Waals surface area contributed by atoms with Crippen LogP contribution in [-0.2, 0) is 6.61 Å². The van der Waals surface area contributed by atoms with E-state index in [9.17, 15) is 10.1 Å². The maximum atomic E-state index is 11.0. The summed E-state index contributed by atoms with van der Waals surface area (Å²) in [6.07, 6.45) is 0. The lowest BCUT2D eigenvalue weighted by Gasteiger charge is -2.09. The van der Waals surface area contributed by atoms with Gasteiger partial charge in [0.1, 0.15) is 18.2 Å². The van der Waals surface area contributed by atoms with Gasteiger partial charge in [-0.05, 0) is 18.2 Å². The van der Waals surface area contributed by atoms with Gasteiger partial charge < -0.3 is 10.1 Å². The molecule has 0 saturated carbocycles. The molecule has 0 aromatic heterocycles. The lowest BCUT2D eigenvalue weighted by Crippen LogP contribution is -2.19. The molecule has 0 amide bonds. The van der Waals surface area contributed by atoms with Crippen molar-refractivity contribution in [3.63, 3.8) is 0 Å². The van der Waals surface area contributed by atoms with Crippen molar-refractivity contribution in [1.29, 1.82) is 0 Å². The zero-order valence-corrected chi connectivity index (χ0v) is 11.9. The van der Waals surface area contributed by atoms with Crippen LogP contribution < -0.4 is 10.1 Å². The van der Waals surface area contributed by atoms with Gasteiger partial charge in [-0.3, -0.25) is 15.1 Å². The van der Waals surface area contributed by atoms with Crippen LogP contribution >= 0.6 is 0 Å². The largest absolute Gasteiger partial charge is 0.489 e. The van der Waals surface area contributed by atoms with Crippen LogP contribution in [-0.4, -0.2) is 23.8 Å². The van der Waals surface area contributed by atoms with E-state index in [1.165, 1.54) is 6.07 Å². The number of para-hydroxylation sites is 1. The van der Waals surface area contributed by atoms with Crippen molar-refractivity contribution in [1.82, 2.24) is 5.32 Å². The van der Waals surface area contributed by atoms with Crippen molar-refractivity contribution >= 4 is 11.5 Å². The predicted octanol–water partition coefficient (Wildman–Crippen LogP) is 2.52. The van der Waals surface area contributed by atoms with Crippen molar-refractivity contribution in [2.75, 3.05) is 13.1 Å². The molecule has 0 atom stereocenters. The summed E-state index contributed by atoms with van der Waals surface area (Å²) < 4.78 is 5.70. The highest BCUT2D eigenvalue weighted by molar-refractivity contribution is 6.00. The summed E-state index contributed by atoms with van der Waals surface area (Å²) in [5, 5.41) is 14.2. The third-order valence-electron chi connectivity index (χ3n) is 3.36. The Bertz CT molecular complexity index is 728. The monoisotopic (exact) mass is 297 g/mol. The van der Waals surface area contributed by atoms with Crippen molar-refractivity contribution in [2.24, 2.45) is 4.99 Å². The lowest BCUT2D eigenvalue weighted by atomic mass is 10.2. The Morgan fingerprint density at radius 1 is 1.23 bits per heavy atom. The summed E-state index contributed by atoms with van der Waals surface area (Å²) >= 11 is 0. The van der Waals surface area contributed by atoms with E-state index < -0.39 is 4.92 Å². The van der Waals surface area contributed by atoms with Crippen LogP contribution in [0.4, 0.5) is 5.69 Å². The van der Waals surface area contributed by atoms with Crippen LogP contribution in [0.15, 0.2) is 53.5 Å². The molecule has 22 heavy (non-hydrogen) atoms. The van der Waals surface area contributed by atoms with Gasteiger partial charge in [-0.25, -0.2) is 0 Å². The van der Waals surface area contributed by atoms with E-state index in [2.05, 4.69) is 10.3 Å². The number of amidine groups is 1. The highest BCUT2D eigenvalue weighted by Gasteiger charge is 2.13. The van der Waals surface area contributed by atoms with Gasteiger partial charge in [0.2, 0.25) is 0 Å². The van der Waals surface area contributed by atoms with Gasteiger partial charge >= 0.3 is 0 Å². The first-order valence-electron chi connectivity index (χ1n) is 6.98. The molecule has 0 saturated heterocycles. The molecule has 1 aliphatic rings. The third-order valence-corrected chi connectivity index (χ3v) is 3.36. The van der Waals surface area contributed by atoms with Crippen molar-refractivity contribution in [3.05, 3.63) is 69.8 Å². The number of nitro groups is 1. The number of nitrogens with one attached hydrogen (secondary N) is 1. The van der Waals surface area contributed by atoms with Crippen LogP contribution in [0.25, 0.3) is 0 Å². The van der Waals surface area contributed by atoms with E-state index in [4.69, 9.17) is 4.74 Å². The number of nitrogens with zero attached hydrogens (tertiary/aromatic N) is 2. The number of benzene rings is 2. The van der Waals surface area contributed by atoms with Crippen molar-refractivity contribution < 1.29 is 9.66 Å². The number of rotatable bonds is 5. The van der Waals surface area contributed by atoms with Crippen LogP contribution in [0, 0.1) is 10.1 Å². The average molecular weight is 297 g/mol. The summed E-state index contributed by atoms with van der Waals surface area (Å²) in [6, 6.07) is 14.1. The summed E-state index contributed by atoms with van der Waals surface area (Å²) in [7, 11) is 0. The Kier molecular flexibility index (Phi) is 4.00. The molecule has 112 valence electrons. The minimum Gasteiger partial charge on any atom is -0.489 e. The molecule has 0 unspecified atom stereocenters. The van der Waals surface area contributed by atoms with Crippen molar-refractivity contribution in [3.8, 4) is 5.75 Å². The SMILES string of the molecule is O=[N+]([O-])c1ccccc1COc1cccc(C2=NCCN2)c1. The fraction of sp³-hybridized carbons (Fsp3) is 0.188. The molecule has 2 aromatic carbocycles. The number of aliphatic imine (C=N–C) groups is 1. The molecule has 2 aromatic rings. The lowest BCUT2D eigenvalue weighted by molar-refractivity contribution is -0.385. The van der Waals surface area contributed by atoms with Gasteiger partial charge in [0.15, 0.2) is 0 Å². The zero-order chi connectivity index (χ0) is 15.4. The van der Waals surface area contributed by atoms with Gasteiger partial charge in [-0.1, -0.05) is 24.3 Å². The normalized spacial score (nSPS) is 13.4. The summed E-state index contributed by atoms with van der Waals surface area (Å²) in [4.78, 5) is 15.0. The summed E-state index contributed by atoms with van der Waals surface area (Å²) in [5.41, 5.74) is 1.58. The van der Waals surface area contributed by atoms with E-state index >= 15 is 0 Å². The summed E-state index contributed by atoms with van der Waals surface area (Å²) in [6.45, 7) is 1.77. The molecule has 1 aliphatic heterocycles. The molecule has 1 N–H and O–H groups in total. The topological polar surface area (TPSA) is 76.8 Å². The van der Waals surface area contributed by atoms with E-state index in [1.807, 2.05) is 24.3 Å². The molecule has 1 heterocycles. The van der Waals surface area contributed by atoms with Gasteiger partial charge in [0.25, 0.3) is 5.69 Å². The second-order valence-corrected chi connectivity index (χ2v) is 4.86. The van der Waals surface area contributed by atoms with Crippen LogP contribution in [0.3, 0.4) is 0 Å². The maximum absolute atomic E-state index is 11.0. The van der Waals surface area contributed by atoms with Gasteiger partial charge in [0, 0.05) is 18.2 Å². The van der Waals surface area contributed by atoms with Crippen LogP contribution in [0.5, 0.6) is 5.75 Å². The Morgan fingerprint density at radius 3 is 2.86 bits per heavy atom. The number of hydrogen-bond donors (Lipinski definition) is 1. The Labute approximate surface area is 127 Å². The Hall–Kier alpha value is -2.89. The fourth-order valence-electron chi connectivity index (χ4n) is 2.30. The second kappa shape index (κ2) is 6.26. The van der Waals surface area contributed by atoms with E-state index in [-0.39, 0.29) is 12.3 Å². The quantitative estimate of drug-likeness (QED) is 0.679. The maximum Gasteiger partial charge on any atom is 0.276 e. The second-order valence-electron chi connectivity index (χ2n) is 4.86. The summed E-state index contributed by atoms with van der Waals surface area (Å²) in [5.74, 6) is 1.52. The van der Waals surface area contributed by atoms with E-state index in [1.54, 1.807) is 18.2 Å². The number of nitro benzene ring substituents is 1. The predicted molar refractivity (Wildman–Crippen MR) is 83.3 cm³/mol. The molecule has 0 radical (unpaired) electrons. The molecule has 0 spiro atoms. The first-order chi connectivity index (χ1) is 10.7. The Balaban J connectivity index is 1.74. The molecule has 0 aliphatic carbocycles. The zero-order valence-electron chi connectivity index (χ0n) is 11.9. The van der Waals surface area contributed by atoms with Gasteiger partial charge in [0.05, 0.1) is 17.0 Å². The standard InChI is InChI=1S/C16H15N3O3/c20-19(21)15-7-2-1-4-13(15)11-22-14-6-3-5-12(10-14)16-17-8-9-18-16/h1-7,10H,8-9,11H2,(H,17,18). The van der Waals surface area contributed by atoms with Crippen LogP contribution in [0.2, 0.25) is 0 Å². The Morgan fingerprint density at radius 2 is 2.09 bits per heavy atom. The molecule has 3 rings (SSSR count). The van der Waals surface area contributed by atoms with Crippen molar-refractivity contribution in [2.45, 2.75) is 6.61 Å². The minimum absolute atomic E-state index is 0.0699.